The van der Waals surface area contributed by atoms with Crippen LogP contribution in [-0.2, 0) is 17.4 Å². The summed E-state index contributed by atoms with van der Waals surface area (Å²) in [7, 11) is 2.26. The molecule has 43 heavy (non-hydrogen) atoms. The van der Waals surface area contributed by atoms with Gasteiger partial charge in [-0.25, -0.2) is 4.57 Å². The van der Waals surface area contributed by atoms with Crippen LogP contribution < -0.4 is 14.4 Å². The Morgan fingerprint density at radius 3 is 2.49 bits per heavy atom. The third kappa shape index (κ3) is 1.93. The average Bonchev–Trinajstić information content (AvgIpc) is 3.67. The average molecular weight is 555 g/mol. The molecule has 0 fully saturated rings. The summed E-state index contributed by atoms with van der Waals surface area (Å²) in [5.74, 6) is 0. The molecule has 8 heterocycles. The van der Waals surface area contributed by atoms with E-state index in [-0.39, 0.29) is 11.6 Å². The third-order valence-electron chi connectivity index (χ3n) is 11.7. The molecule has 2 aromatic heterocycles. The molecule has 0 bridgehead atoms. The number of benzene rings is 4. The van der Waals surface area contributed by atoms with Crippen molar-refractivity contribution in [1.29, 1.82) is 0 Å². The van der Waals surface area contributed by atoms with Crippen molar-refractivity contribution in [2.45, 2.75) is 37.4 Å². The van der Waals surface area contributed by atoms with Crippen LogP contribution in [0.3, 0.4) is 0 Å². The van der Waals surface area contributed by atoms with Crippen LogP contribution in [0.4, 0.5) is 22.7 Å². The predicted octanol–water partition coefficient (Wildman–Crippen LogP) is 7.07. The fraction of sp³-hybridized carbons (Fsp3) is 0.184. The monoisotopic (exact) mass is 554 g/mol. The highest BCUT2D eigenvalue weighted by molar-refractivity contribution is 6.11. The van der Waals surface area contributed by atoms with Gasteiger partial charge in [-0.15, -0.1) is 0 Å². The first-order valence-corrected chi connectivity index (χ1v) is 15.4. The molecule has 0 saturated heterocycles. The molecule has 1 spiro atoms. The Kier molecular flexibility index (Phi) is 3.18. The second kappa shape index (κ2) is 6.32. The number of likely N-dealkylation sites (N-methyl/N-ethyl adjacent to an activating group) is 1. The van der Waals surface area contributed by atoms with E-state index in [9.17, 15) is 0 Å². The predicted molar refractivity (Wildman–Crippen MR) is 170 cm³/mol. The lowest BCUT2D eigenvalue weighted by Gasteiger charge is -2.50. The molecule has 204 valence electrons. The van der Waals surface area contributed by atoms with Gasteiger partial charge in [0.25, 0.3) is 5.65 Å². The molecule has 0 amide bonds. The second-order valence-electron chi connectivity index (χ2n) is 13.8. The first kappa shape index (κ1) is 21.6. The molecule has 6 aliphatic heterocycles. The van der Waals surface area contributed by atoms with Crippen LogP contribution in [0.2, 0.25) is 0 Å². The Morgan fingerprint density at radius 1 is 0.744 bits per heavy atom. The largest absolute Gasteiger partial charge is 0.354 e. The van der Waals surface area contributed by atoms with E-state index in [2.05, 4.69) is 142 Å². The molecule has 0 N–H and O–H groups in total. The van der Waals surface area contributed by atoms with Crippen LogP contribution in [0.25, 0.3) is 27.6 Å². The number of para-hydroxylation sites is 2. The summed E-state index contributed by atoms with van der Waals surface area (Å²) in [5, 5.41) is 2.68. The first-order valence-electron chi connectivity index (χ1n) is 15.4. The topological polar surface area (TPSA) is 18.5 Å². The van der Waals surface area contributed by atoms with Gasteiger partial charge in [-0.1, -0.05) is 50.2 Å². The van der Waals surface area contributed by atoms with E-state index in [1.54, 1.807) is 0 Å². The smallest absolute Gasteiger partial charge is 0.296 e. The molecule has 12 rings (SSSR count). The number of pyridine rings is 1. The Bertz CT molecular complexity index is 2410. The van der Waals surface area contributed by atoms with Crippen molar-refractivity contribution in [2.24, 2.45) is 0 Å². The molecule has 2 atom stereocenters. The summed E-state index contributed by atoms with van der Waals surface area (Å²) >= 11 is 0. The van der Waals surface area contributed by atoms with E-state index in [0.717, 1.165) is 6.42 Å². The van der Waals surface area contributed by atoms with Gasteiger partial charge in [-0.05, 0) is 53.6 Å². The molecule has 6 aliphatic rings. The van der Waals surface area contributed by atoms with Crippen molar-refractivity contribution in [3.8, 4) is 5.69 Å². The van der Waals surface area contributed by atoms with Gasteiger partial charge in [-0.3, -0.25) is 0 Å². The fourth-order valence-electron chi connectivity index (χ4n) is 10.1. The highest BCUT2D eigenvalue weighted by Gasteiger charge is 2.69. The Hall–Kier alpha value is -5.03. The standard InChI is InChI=1S/C38H28N5/c1-37(2)25-12-6-10-23-24-11-8-16-41-35(24)43(33(23)25)34-26(37)20-22-19-21-9-4-5-13-27(21)42-29-15-7-14-28-30(29)38(41,31(34)32(22)42)36-39(3)17-18-40(28)36/h4-18,20,36H,19H2,1-3H3/q+1. The van der Waals surface area contributed by atoms with E-state index in [1.807, 2.05) is 0 Å². The summed E-state index contributed by atoms with van der Waals surface area (Å²) in [4.78, 5) is 7.61. The van der Waals surface area contributed by atoms with Gasteiger partial charge in [0.05, 0.1) is 39.8 Å². The van der Waals surface area contributed by atoms with Crippen LogP contribution in [0.15, 0.2) is 97.5 Å². The van der Waals surface area contributed by atoms with Gasteiger partial charge >= 0.3 is 0 Å². The van der Waals surface area contributed by atoms with Gasteiger partial charge in [0, 0.05) is 53.5 Å². The number of hydrogen-bond acceptors (Lipinski definition) is 3. The Balaban J connectivity index is 1.42. The van der Waals surface area contributed by atoms with Crippen LogP contribution in [0.5, 0.6) is 0 Å². The molecule has 2 unspecified atom stereocenters. The van der Waals surface area contributed by atoms with Gasteiger partial charge in [-0.2, -0.15) is 4.57 Å². The third-order valence-corrected chi connectivity index (χ3v) is 11.7. The zero-order valence-corrected chi connectivity index (χ0v) is 24.3. The minimum absolute atomic E-state index is 0.0884. The molecule has 5 heteroatoms. The normalized spacial score (nSPS) is 23.0. The molecule has 0 saturated carbocycles. The quantitative estimate of drug-likeness (QED) is 0.187. The highest BCUT2D eigenvalue weighted by Crippen LogP contribution is 2.67. The number of hydrogen-bond donors (Lipinski definition) is 0. The Labute approximate surface area is 249 Å². The van der Waals surface area contributed by atoms with E-state index in [1.165, 1.54) is 83.8 Å². The molecule has 4 aromatic carbocycles. The van der Waals surface area contributed by atoms with E-state index in [0.29, 0.717) is 0 Å². The summed E-state index contributed by atoms with van der Waals surface area (Å²) in [6.07, 6.45) is 7.97. The summed E-state index contributed by atoms with van der Waals surface area (Å²) in [6, 6.07) is 30.2. The number of rotatable bonds is 0. The van der Waals surface area contributed by atoms with Gasteiger partial charge < -0.3 is 14.7 Å². The van der Waals surface area contributed by atoms with Crippen LogP contribution >= 0.6 is 0 Å². The van der Waals surface area contributed by atoms with Gasteiger partial charge in [0.2, 0.25) is 5.54 Å². The number of nitrogens with zero attached hydrogens (tertiary/aromatic N) is 5. The summed E-state index contributed by atoms with van der Waals surface area (Å²) in [6.45, 7) is 4.90. The molecular weight excluding hydrogens is 526 g/mol. The number of fused-ring (bicyclic) bond motifs is 6. The van der Waals surface area contributed by atoms with Crippen LogP contribution in [0.1, 0.15) is 47.2 Å². The van der Waals surface area contributed by atoms with E-state index in [4.69, 9.17) is 0 Å². The maximum atomic E-state index is 2.67. The minimum atomic E-state index is -0.431. The van der Waals surface area contributed by atoms with Crippen molar-refractivity contribution in [1.82, 2.24) is 9.47 Å². The van der Waals surface area contributed by atoms with E-state index < -0.39 is 5.54 Å². The minimum Gasteiger partial charge on any atom is -0.354 e. The van der Waals surface area contributed by atoms with E-state index >= 15 is 0 Å². The first-order chi connectivity index (χ1) is 21.0. The molecule has 0 radical (unpaired) electrons. The van der Waals surface area contributed by atoms with Crippen LogP contribution in [0, 0.1) is 0 Å². The lowest BCUT2D eigenvalue weighted by Crippen LogP contribution is -2.70. The lowest BCUT2D eigenvalue weighted by atomic mass is 9.66. The molecule has 5 nitrogen and oxygen atoms in total. The maximum Gasteiger partial charge on any atom is 0.296 e. The maximum absolute atomic E-state index is 2.67. The van der Waals surface area contributed by atoms with Crippen molar-refractivity contribution >= 4 is 44.7 Å². The number of aromatic nitrogens is 2. The van der Waals surface area contributed by atoms with Crippen molar-refractivity contribution in [2.75, 3.05) is 16.8 Å². The molecule has 0 aliphatic carbocycles. The zero-order valence-electron chi connectivity index (χ0n) is 24.3. The van der Waals surface area contributed by atoms with Crippen molar-refractivity contribution < 1.29 is 4.57 Å². The molecule has 6 aromatic rings. The van der Waals surface area contributed by atoms with Crippen molar-refractivity contribution in [3.05, 3.63) is 131 Å². The van der Waals surface area contributed by atoms with Gasteiger partial charge in [0.15, 0.2) is 6.17 Å². The molecular formula is C38H28N5+. The number of anilines is 4. The second-order valence-corrected chi connectivity index (χ2v) is 13.8. The highest BCUT2D eigenvalue weighted by atomic mass is 15.5. The van der Waals surface area contributed by atoms with Crippen molar-refractivity contribution in [3.63, 3.8) is 0 Å². The summed E-state index contributed by atoms with van der Waals surface area (Å²) < 4.78 is 5.32. The summed E-state index contributed by atoms with van der Waals surface area (Å²) in [5.41, 5.74) is 17.4. The van der Waals surface area contributed by atoms with Gasteiger partial charge in [0.1, 0.15) is 11.2 Å². The SMILES string of the molecule is CN1C=CN2c3cccc4c3C3(c5c6c(cc7c5-n5c8c(cccc8c8ccc[n+]3c85)C7(C)C)Cc3ccccc3N46)C12. The fourth-order valence-corrected chi connectivity index (χ4v) is 10.1. The van der Waals surface area contributed by atoms with Crippen LogP contribution in [-0.4, -0.2) is 22.7 Å². The Morgan fingerprint density at radius 2 is 1.56 bits per heavy atom. The zero-order chi connectivity index (χ0) is 28.1. The lowest BCUT2D eigenvalue weighted by molar-refractivity contribution is -0.727.